The van der Waals surface area contributed by atoms with Crippen LogP contribution in [0.1, 0.15) is 18.9 Å². The van der Waals surface area contributed by atoms with Crippen LogP contribution in [0.3, 0.4) is 0 Å². The van der Waals surface area contributed by atoms with Crippen LogP contribution in [0.4, 0.5) is 16.2 Å². The number of urea groups is 1. The second kappa shape index (κ2) is 10.8. The van der Waals surface area contributed by atoms with Gasteiger partial charge in [0.2, 0.25) is 0 Å². The highest BCUT2D eigenvalue weighted by Gasteiger charge is 2.19. The minimum Gasteiger partial charge on any atom is -0.491 e. The van der Waals surface area contributed by atoms with E-state index in [-0.39, 0.29) is 6.61 Å². The van der Waals surface area contributed by atoms with Crippen molar-refractivity contribution in [2.75, 3.05) is 49.5 Å². The molecule has 0 aliphatic carbocycles. The quantitative estimate of drug-likeness (QED) is 0.589. The number of hydrogen-bond donors (Lipinski definition) is 3. The van der Waals surface area contributed by atoms with Gasteiger partial charge in [-0.2, -0.15) is 0 Å². The summed E-state index contributed by atoms with van der Waals surface area (Å²) in [5.41, 5.74) is 8.35. The van der Waals surface area contributed by atoms with Crippen molar-refractivity contribution in [1.29, 1.82) is 0 Å². The van der Waals surface area contributed by atoms with Crippen LogP contribution in [-0.4, -0.2) is 61.5 Å². The van der Waals surface area contributed by atoms with Gasteiger partial charge in [-0.3, -0.25) is 4.90 Å². The summed E-state index contributed by atoms with van der Waals surface area (Å²) in [5, 5.41) is 12.8. The van der Waals surface area contributed by atoms with Gasteiger partial charge in [0.15, 0.2) is 0 Å². The molecule has 3 rings (SSSR count). The van der Waals surface area contributed by atoms with E-state index in [4.69, 9.17) is 10.5 Å². The third kappa shape index (κ3) is 6.64. The van der Waals surface area contributed by atoms with Crippen LogP contribution in [0.25, 0.3) is 0 Å². The third-order valence-corrected chi connectivity index (χ3v) is 5.25. The van der Waals surface area contributed by atoms with Gasteiger partial charge in [0.1, 0.15) is 18.5 Å². The molecule has 1 aliphatic rings. The van der Waals surface area contributed by atoms with Crippen LogP contribution in [-0.2, 0) is 6.42 Å². The Kier molecular flexibility index (Phi) is 7.93. The Labute approximate surface area is 178 Å². The number of ether oxygens (including phenoxy) is 1. The van der Waals surface area contributed by atoms with Crippen LogP contribution >= 0.6 is 0 Å². The molecular weight excluding hydrogens is 380 g/mol. The molecule has 1 atom stereocenters. The molecule has 0 aromatic heterocycles. The average Bonchev–Trinajstić information content (AvgIpc) is 2.74. The Morgan fingerprint density at radius 3 is 2.37 bits per heavy atom. The molecule has 1 saturated heterocycles. The summed E-state index contributed by atoms with van der Waals surface area (Å²) in [7, 11) is 0. The molecule has 0 saturated carbocycles. The lowest BCUT2D eigenvalue weighted by molar-refractivity contribution is 0.0663. The van der Waals surface area contributed by atoms with Crippen molar-refractivity contribution >= 4 is 17.4 Å². The van der Waals surface area contributed by atoms with E-state index in [9.17, 15) is 9.90 Å². The molecule has 2 aromatic rings. The molecule has 1 heterocycles. The first-order valence-electron chi connectivity index (χ1n) is 10.6. The number of benzene rings is 2. The van der Waals surface area contributed by atoms with Gasteiger partial charge >= 0.3 is 6.03 Å². The molecule has 1 fully saturated rings. The number of primary amides is 1. The third-order valence-electron chi connectivity index (χ3n) is 5.25. The monoisotopic (exact) mass is 412 g/mol. The highest BCUT2D eigenvalue weighted by molar-refractivity contribution is 5.87. The van der Waals surface area contributed by atoms with Gasteiger partial charge in [-0.1, -0.05) is 25.5 Å². The molecule has 2 aromatic carbocycles. The molecule has 7 heteroatoms. The number of rotatable bonds is 9. The zero-order valence-electron chi connectivity index (χ0n) is 17.6. The van der Waals surface area contributed by atoms with E-state index in [0.29, 0.717) is 18.0 Å². The van der Waals surface area contributed by atoms with Gasteiger partial charge in [0.05, 0.1) is 0 Å². The van der Waals surface area contributed by atoms with Crippen molar-refractivity contribution in [3.63, 3.8) is 0 Å². The molecule has 0 radical (unpaired) electrons. The first-order chi connectivity index (χ1) is 14.5. The van der Waals surface area contributed by atoms with Gasteiger partial charge in [0.25, 0.3) is 0 Å². The predicted octanol–water partition coefficient (Wildman–Crippen LogP) is 2.69. The first kappa shape index (κ1) is 21.9. The number of β-amino-alcohol motifs (C(OH)–C–C–N with tert-alkyl or cyclic N) is 1. The maximum Gasteiger partial charge on any atom is 0.316 e. The fourth-order valence-electron chi connectivity index (χ4n) is 3.67. The smallest absolute Gasteiger partial charge is 0.316 e. The van der Waals surface area contributed by atoms with E-state index >= 15 is 0 Å². The molecule has 1 aliphatic heterocycles. The SMILES string of the molecule is CCCc1ccc(N2CCN(C[C@H](O)COc3ccc(NC(N)=O)cc3)CC2)cc1. The number of anilines is 2. The number of hydrogen-bond acceptors (Lipinski definition) is 5. The van der Waals surface area contributed by atoms with Crippen LogP contribution in [0.5, 0.6) is 5.75 Å². The number of nitrogens with zero attached hydrogens (tertiary/aromatic N) is 2. The Balaban J connectivity index is 1.38. The molecule has 2 amide bonds. The topological polar surface area (TPSA) is 91.1 Å². The Bertz CT molecular complexity index is 787. The molecule has 4 N–H and O–H groups in total. The second-order valence-electron chi connectivity index (χ2n) is 7.68. The fourth-order valence-corrected chi connectivity index (χ4v) is 3.67. The van der Waals surface area contributed by atoms with Crippen LogP contribution < -0.4 is 20.7 Å². The van der Waals surface area contributed by atoms with Crippen LogP contribution in [0, 0.1) is 0 Å². The predicted molar refractivity (Wildman–Crippen MR) is 120 cm³/mol. The number of aryl methyl sites for hydroxylation is 1. The van der Waals surface area contributed by atoms with Crippen molar-refractivity contribution in [3.8, 4) is 5.75 Å². The standard InChI is InChI=1S/C23H32N4O3/c1-2-3-18-4-8-20(9-5-18)27-14-12-26(13-15-27)16-21(28)17-30-22-10-6-19(7-11-22)25-23(24)29/h4-11,21,28H,2-3,12-17H2,1H3,(H3,24,25,29)/t21-/m0/s1. The van der Waals surface area contributed by atoms with Crippen molar-refractivity contribution < 1.29 is 14.6 Å². The van der Waals surface area contributed by atoms with E-state index < -0.39 is 12.1 Å². The lowest BCUT2D eigenvalue weighted by Crippen LogP contribution is -2.49. The van der Waals surface area contributed by atoms with E-state index in [1.165, 1.54) is 17.7 Å². The molecule has 0 bridgehead atoms. The van der Waals surface area contributed by atoms with Gasteiger partial charge in [-0.05, 0) is 48.4 Å². The summed E-state index contributed by atoms with van der Waals surface area (Å²) in [6.45, 7) is 6.76. The molecular formula is C23H32N4O3. The van der Waals surface area contributed by atoms with Gasteiger partial charge < -0.3 is 25.8 Å². The maximum atomic E-state index is 10.8. The molecule has 0 spiro atoms. The number of nitrogens with one attached hydrogen (secondary N) is 1. The molecule has 7 nitrogen and oxygen atoms in total. The highest BCUT2D eigenvalue weighted by Crippen LogP contribution is 2.19. The van der Waals surface area contributed by atoms with Gasteiger partial charge in [-0.25, -0.2) is 4.79 Å². The minimum atomic E-state index is -0.604. The Morgan fingerprint density at radius 2 is 1.77 bits per heavy atom. The zero-order valence-corrected chi connectivity index (χ0v) is 17.6. The summed E-state index contributed by atoms with van der Waals surface area (Å²) in [5.74, 6) is 0.639. The van der Waals surface area contributed by atoms with Crippen LogP contribution in [0.2, 0.25) is 0 Å². The van der Waals surface area contributed by atoms with Gasteiger partial charge in [0, 0.05) is 44.1 Å². The number of piperazine rings is 1. The normalized spacial score (nSPS) is 15.6. The van der Waals surface area contributed by atoms with Gasteiger partial charge in [-0.15, -0.1) is 0 Å². The first-order valence-corrected chi connectivity index (χ1v) is 10.6. The lowest BCUT2D eigenvalue weighted by Gasteiger charge is -2.37. The highest BCUT2D eigenvalue weighted by atomic mass is 16.5. The fraction of sp³-hybridized carbons (Fsp3) is 0.435. The number of carbonyl (C=O) groups excluding carboxylic acids is 1. The summed E-state index contributed by atoms with van der Waals surface area (Å²) in [6, 6.07) is 15.2. The largest absolute Gasteiger partial charge is 0.491 e. The van der Waals surface area contributed by atoms with Crippen molar-refractivity contribution in [2.24, 2.45) is 5.73 Å². The van der Waals surface area contributed by atoms with E-state index in [1.807, 2.05) is 0 Å². The molecule has 0 unspecified atom stereocenters. The molecule has 162 valence electrons. The zero-order chi connectivity index (χ0) is 21.3. The summed E-state index contributed by atoms with van der Waals surface area (Å²) >= 11 is 0. The number of nitrogens with two attached hydrogens (primary N) is 1. The molecule has 30 heavy (non-hydrogen) atoms. The minimum absolute atomic E-state index is 0.224. The maximum absolute atomic E-state index is 10.8. The number of aliphatic hydroxyl groups is 1. The summed E-state index contributed by atoms with van der Waals surface area (Å²) < 4.78 is 5.66. The lowest BCUT2D eigenvalue weighted by atomic mass is 10.1. The van der Waals surface area contributed by atoms with E-state index in [0.717, 1.165) is 32.6 Å². The van der Waals surface area contributed by atoms with E-state index in [2.05, 4.69) is 46.3 Å². The number of aliphatic hydroxyl groups excluding tert-OH is 1. The summed E-state index contributed by atoms with van der Waals surface area (Å²) in [4.78, 5) is 15.5. The Hall–Kier alpha value is -2.77. The average molecular weight is 413 g/mol. The van der Waals surface area contributed by atoms with E-state index in [1.54, 1.807) is 24.3 Å². The van der Waals surface area contributed by atoms with Crippen molar-refractivity contribution in [1.82, 2.24) is 4.90 Å². The van der Waals surface area contributed by atoms with Crippen molar-refractivity contribution in [2.45, 2.75) is 25.9 Å². The van der Waals surface area contributed by atoms with Crippen LogP contribution in [0.15, 0.2) is 48.5 Å². The van der Waals surface area contributed by atoms with Crippen molar-refractivity contribution in [3.05, 3.63) is 54.1 Å². The Morgan fingerprint density at radius 1 is 1.10 bits per heavy atom. The number of amides is 2. The number of carbonyl (C=O) groups is 1. The summed E-state index contributed by atoms with van der Waals surface area (Å²) in [6.07, 6.45) is 1.73. The second-order valence-corrected chi connectivity index (χ2v) is 7.68.